The first-order chi connectivity index (χ1) is 9.10. The number of thioether (sulfide) groups is 1. The molecule has 3 nitrogen and oxygen atoms in total. The third-order valence-electron chi connectivity index (χ3n) is 2.57. The van der Waals surface area contributed by atoms with Crippen LogP contribution in [0.3, 0.4) is 0 Å². The van der Waals surface area contributed by atoms with Crippen molar-refractivity contribution in [1.29, 1.82) is 0 Å². The van der Waals surface area contributed by atoms with E-state index in [1.807, 2.05) is 11.8 Å². The van der Waals surface area contributed by atoms with Crippen molar-refractivity contribution < 1.29 is 0 Å². The highest BCUT2D eigenvalue weighted by atomic mass is 32.2. The SMILES string of the molecule is CCCNc1nc(SCC(C)C)c2cc(C)sc2n1. The summed E-state index contributed by atoms with van der Waals surface area (Å²) in [6, 6.07) is 2.20. The Morgan fingerprint density at radius 2 is 2.16 bits per heavy atom. The number of hydrogen-bond acceptors (Lipinski definition) is 5. The minimum absolute atomic E-state index is 0.668. The van der Waals surface area contributed by atoms with Gasteiger partial charge in [-0.15, -0.1) is 23.1 Å². The lowest BCUT2D eigenvalue weighted by atomic mass is 10.3. The smallest absolute Gasteiger partial charge is 0.225 e. The molecule has 2 aromatic heterocycles. The number of thiophene rings is 1. The lowest BCUT2D eigenvalue weighted by Crippen LogP contribution is -2.05. The molecule has 0 aliphatic rings. The molecule has 0 aliphatic heterocycles. The van der Waals surface area contributed by atoms with E-state index in [1.54, 1.807) is 11.3 Å². The summed E-state index contributed by atoms with van der Waals surface area (Å²) in [6.45, 7) is 9.67. The van der Waals surface area contributed by atoms with Crippen LogP contribution in [0.15, 0.2) is 11.1 Å². The van der Waals surface area contributed by atoms with Gasteiger partial charge in [0.15, 0.2) is 0 Å². The van der Waals surface area contributed by atoms with Crippen molar-refractivity contribution >= 4 is 39.3 Å². The number of aryl methyl sites for hydroxylation is 1. The zero-order chi connectivity index (χ0) is 13.8. The maximum Gasteiger partial charge on any atom is 0.225 e. The van der Waals surface area contributed by atoms with E-state index in [0.717, 1.165) is 34.5 Å². The van der Waals surface area contributed by atoms with Crippen LogP contribution in [0.5, 0.6) is 0 Å². The fraction of sp³-hybridized carbons (Fsp3) is 0.571. The molecule has 2 heterocycles. The van der Waals surface area contributed by atoms with Gasteiger partial charge in [-0.3, -0.25) is 0 Å². The molecule has 0 bridgehead atoms. The Kier molecular flexibility index (Phi) is 5.05. The van der Waals surface area contributed by atoms with Crippen molar-refractivity contribution in [2.75, 3.05) is 17.6 Å². The van der Waals surface area contributed by atoms with E-state index in [4.69, 9.17) is 0 Å². The van der Waals surface area contributed by atoms with Gasteiger partial charge in [-0.1, -0.05) is 20.8 Å². The second-order valence-corrected chi connectivity index (χ2v) is 7.30. The van der Waals surface area contributed by atoms with E-state index in [0.29, 0.717) is 5.92 Å². The molecule has 0 unspecified atom stereocenters. The number of aromatic nitrogens is 2. The summed E-state index contributed by atoms with van der Waals surface area (Å²) in [6.07, 6.45) is 1.08. The number of nitrogens with one attached hydrogen (secondary N) is 1. The molecule has 0 spiro atoms. The Labute approximate surface area is 123 Å². The van der Waals surface area contributed by atoms with Gasteiger partial charge in [0.05, 0.1) is 0 Å². The van der Waals surface area contributed by atoms with Gasteiger partial charge >= 0.3 is 0 Å². The monoisotopic (exact) mass is 295 g/mol. The molecule has 0 saturated carbocycles. The Morgan fingerprint density at radius 3 is 2.84 bits per heavy atom. The van der Waals surface area contributed by atoms with E-state index >= 15 is 0 Å². The molecule has 0 saturated heterocycles. The van der Waals surface area contributed by atoms with Gasteiger partial charge in [0.1, 0.15) is 9.86 Å². The van der Waals surface area contributed by atoms with Gasteiger partial charge in [0.25, 0.3) is 0 Å². The van der Waals surface area contributed by atoms with Gasteiger partial charge in [-0.05, 0) is 25.3 Å². The van der Waals surface area contributed by atoms with Gasteiger partial charge in [0.2, 0.25) is 5.95 Å². The van der Waals surface area contributed by atoms with E-state index in [1.165, 1.54) is 10.3 Å². The molecule has 104 valence electrons. The molecule has 0 fully saturated rings. The molecule has 0 atom stereocenters. The van der Waals surface area contributed by atoms with Gasteiger partial charge < -0.3 is 5.32 Å². The second-order valence-electron chi connectivity index (χ2n) is 5.06. The molecule has 2 aromatic rings. The first-order valence-corrected chi connectivity index (χ1v) is 8.55. The molecule has 19 heavy (non-hydrogen) atoms. The van der Waals surface area contributed by atoms with E-state index < -0.39 is 0 Å². The fourth-order valence-corrected chi connectivity index (χ4v) is 3.58. The topological polar surface area (TPSA) is 37.8 Å². The number of anilines is 1. The molecule has 0 amide bonds. The van der Waals surface area contributed by atoms with Crippen molar-refractivity contribution in [1.82, 2.24) is 9.97 Å². The van der Waals surface area contributed by atoms with Crippen LogP contribution >= 0.6 is 23.1 Å². The van der Waals surface area contributed by atoms with Crippen molar-refractivity contribution in [3.63, 3.8) is 0 Å². The summed E-state index contributed by atoms with van der Waals surface area (Å²) in [5, 5.41) is 5.61. The molecular formula is C14H21N3S2. The lowest BCUT2D eigenvalue weighted by molar-refractivity contribution is 0.749. The summed E-state index contributed by atoms with van der Waals surface area (Å²) in [5.74, 6) is 2.53. The lowest BCUT2D eigenvalue weighted by Gasteiger charge is -2.08. The van der Waals surface area contributed by atoms with Crippen LogP contribution < -0.4 is 5.32 Å². The van der Waals surface area contributed by atoms with Crippen LogP contribution in [-0.4, -0.2) is 22.3 Å². The molecule has 0 aromatic carbocycles. The molecular weight excluding hydrogens is 274 g/mol. The number of hydrogen-bond donors (Lipinski definition) is 1. The molecule has 5 heteroatoms. The molecule has 1 N–H and O–H groups in total. The van der Waals surface area contributed by atoms with Crippen molar-refractivity contribution in [2.45, 2.75) is 39.1 Å². The van der Waals surface area contributed by atoms with E-state index in [-0.39, 0.29) is 0 Å². The van der Waals surface area contributed by atoms with E-state index in [2.05, 4.69) is 49.0 Å². The third kappa shape index (κ3) is 3.83. The van der Waals surface area contributed by atoms with Crippen molar-refractivity contribution in [3.8, 4) is 0 Å². The van der Waals surface area contributed by atoms with Crippen LogP contribution in [-0.2, 0) is 0 Å². The summed E-state index contributed by atoms with van der Waals surface area (Å²) in [7, 11) is 0. The average Bonchev–Trinajstić information content (AvgIpc) is 2.73. The van der Waals surface area contributed by atoms with Crippen molar-refractivity contribution in [3.05, 3.63) is 10.9 Å². The van der Waals surface area contributed by atoms with Crippen LogP contribution in [0.1, 0.15) is 32.1 Å². The van der Waals surface area contributed by atoms with Crippen LogP contribution in [0.2, 0.25) is 0 Å². The predicted octanol–water partition coefficient (Wildman–Crippen LogP) is 4.57. The summed E-state index contributed by atoms with van der Waals surface area (Å²) < 4.78 is 0. The predicted molar refractivity (Wildman–Crippen MR) is 86.5 cm³/mol. The number of nitrogens with zero attached hydrogens (tertiary/aromatic N) is 2. The van der Waals surface area contributed by atoms with Gasteiger partial charge in [-0.25, -0.2) is 9.97 Å². The molecule has 0 aliphatic carbocycles. The second kappa shape index (κ2) is 6.57. The van der Waals surface area contributed by atoms with Gasteiger partial charge in [0, 0.05) is 22.6 Å². The Morgan fingerprint density at radius 1 is 1.37 bits per heavy atom. The average molecular weight is 295 g/mol. The van der Waals surface area contributed by atoms with E-state index in [9.17, 15) is 0 Å². The summed E-state index contributed by atoms with van der Waals surface area (Å²) in [4.78, 5) is 11.7. The largest absolute Gasteiger partial charge is 0.354 e. The number of rotatable bonds is 6. The Bertz CT molecular complexity index is 549. The standard InChI is InChI=1S/C14H21N3S2/c1-5-6-15-14-16-12(18-8-9(2)3)11-7-10(4)19-13(11)17-14/h7,9H,5-6,8H2,1-4H3,(H,15,16,17). The first-order valence-electron chi connectivity index (χ1n) is 6.75. The van der Waals surface area contributed by atoms with Crippen LogP contribution in [0.4, 0.5) is 5.95 Å². The Hall–Kier alpha value is -0.810. The highest BCUT2D eigenvalue weighted by molar-refractivity contribution is 7.99. The maximum atomic E-state index is 4.67. The normalized spacial score (nSPS) is 11.4. The highest BCUT2D eigenvalue weighted by Crippen LogP contribution is 2.32. The zero-order valence-electron chi connectivity index (χ0n) is 12.0. The summed E-state index contributed by atoms with van der Waals surface area (Å²) in [5.41, 5.74) is 0. The van der Waals surface area contributed by atoms with Crippen LogP contribution in [0.25, 0.3) is 10.2 Å². The summed E-state index contributed by atoms with van der Waals surface area (Å²) >= 11 is 3.58. The minimum atomic E-state index is 0.668. The minimum Gasteiger partial charge on any atom is -0.354 e. The van der Waals surface area contributed by atoms with Crippen molar-refractivity contribution in [2.24, 2.45) is 5.92 Å². The quantitative estimate of drug-likeness (QED) is 0.626. The van der Waals surface area contributed by atoms with Crippen LogP contribution in [0, 0.1) is 12.8 Å². The number of fused-ring (bicyclic) bond motifs is 1. The third-order valence-corrected chi connectivity index (χ3v) is 4.93. The molecule has 0 radical (unpaired) electrons. The maximum absolute atomic E-state index is 4.67. The fourth-order valence-electron chi connectivity index (χ4n) is 1.69. The zero-order valence-corrected chi connectivity index (χ0v) is 13.6. The molecule has 2 rings (SSSR count). The van der Waals surface area contributed by atoms with Gasteiger partial charge in [-0.2, -0.15) is 0 Å². The Balaban J connectivity index is 2.33. The first kappa shape index (κ1) is 14.6. The highest BCUT2D eigenvalue weighted by Gasteiger charge is 2.11.